The minimum atomic E-state index is -0.799. The molecule has 2 N–H and O–H groups in total. The van der Waals surface area contributed by atoms with E-state index in [0.29, 0.717) is 36.6 Å². The molecule has 1 aromatic carbocycles. The fourth-order valence-electron chi connectivity index (χ4n) is 1.53. The molecule has 0 saturated heterocycles. The maximum atomic E-state index is 11.5. The summed E-state index contributed by atoms with van der Waals surface area (Å²) in [5, 5.41) is 11.9. The second-order valence-electron chi connectivity index (χ2n) is 4.23. The van der Waals surface area contributed by atoms with Crippen molar-refractivity contribution < 1.29 is 14.7 Å². The van der Waals surface area contributed by atoms with Gasteiger partial charge < -0.3 is 10.4 Å². The number of nitrogens with one attached hydrogen (secondary N) is 1. The minimum absolute atomic E-state index is 0.0140. The summed E-state index contributed by atoms with van der Waals surface area (Å²) in [5.41, 5.74) is 0. The molecule has 0 spiro atoms. The fourth-order valence-corrected chi connectivity index (χ4v) is 2.72. The normalized spacial score (nSPS) is 10.2. The van der Waals surface area contributed by atoms with Gasteiger partial charge in [0.05, 0.1) is 5.02 Å². The van der Waals surface area contributed by atoms with Crippen LogP contribution in [0.15, 0.2) is 29.2 Å². The predicted molar refractivity (Wildman–Crippen MR) is 81.3 cm³/mol. The first-order chi connectivity index (χ1) is 9.59. The van der Waals surface area contributed by atoms with Gasteiger partial charge in [-0.1, -0.05) is 23.7 Å². The van der Waals surface area contributed by atoms with Crippen LogP contribution in [0.25, 0.3) is 0 Å². The summed E-state index contributed by atoms with van der Waals surface area (Å²) in [6.45, 7) is 0.531. The average Bonchev–Trinajstić information content (AvgIpc) is 2.40. The molecule has 1 rings (SSSR count). The summed E-state index contributed by atoms with van der Waals surface area (Å²) >= 11 is 7.57. The molecular weight excluding hydrogens is 298 g/mol. The van der Waals surface area contributed by atoms with Crippen molar-refractivity contribution in [3.05, 3.63) is 29.3 Å². The zero-order valence-corrected chi connectivity index (χ0v) is 12.7. The standard InChI is InChI=1S/C14H18ClNO3S/c15-11-5-1-2-6-12(11)20-10-8-13(17)16-9-4-3-7-14(18)19/h1-2,5-6H,3-4,7-10H2,(H,16,17)(H,18,19). The van der Waals surface area contributed by atoms with Gasteiger partial charge in [0, 0.05) is 30.0 Å². The van der Waals surface area contributed by atoms with Gasteiger partial charge in [0.25, 0.3) is 0 Å². The van der Waals surface area contributed by atoms with Gasteiger partial charge in [0.15, 0.2) is 0 Å². The highest BCUT2D eigenvalue weighted by molar-refractivity contribution is 7.99. The smallest absolute Gasteiger partial charge is 0.303 e. The third kappa shape index (κ3) is 7.40. The molecule has 0 bridgehead atoms. The molecule has 0 radical (unpaired) electrons. The Morgan fingerprint density at radius 3 is 2.65 bits per heavy atom. The molecule has 0 aliphatic rings. The van der Waals surface area contributed by atoms with Crippen molar-refractivity contribution in [1.29, 1.82) is 0 Å². The molecule has 110 valence electrons. The van der Waals surface area contributed by atoms with Crippen LogP contribution in [0, 0.1) is 0 Å². The summed E-state index contributed by atoms with van der Waals surface area (Å²) < 4.78 is 0. The maximum absolute atomic E-state index is 11.5. The summed E-state index contributed by atoms with van der Waals surface area (Å²) in [4.78, 5) is 22.8. The second-order valence-corrected chi connectivity index (χ2v) is 5.77. The van der Waals surface area contributed by atoms with E-state index < -0.39 is 5.97 Å². The number of carbonyl (C=O) groups excluding carboxylic acids is 1. The lowest BCUT2D eigenvalue weighted by Crippen LogP contribution is -2.24. The van der Waals surface area contributed by atoms with E-state index in [0.717, 1.165) is 4.90 Å². The van der Waals surface area contributed by atoms with Crippen molar-refractivity contribution in [2.75, 3.05) is 12.3 Å². The van der Waals surface area contributed by atoms with Gasteiger partial charge in [-0.25, -0.2) is 0 Å². The van der Waals surface area contributed by atoms with Gasteiger partial charge in [-0.05, 0) is 25.0 Å². The van der Waals surface area contributed by atoms with Gasteiger partial charge >= 0.3 is 5.97 Å². The molecule has 0 atom stereocenters. The number of amides is 1. The van der Waals surface area contributed by atoms with E-state index in [1.807, 2.05) is 24.3 Å². The van der Waals surface area contributed by atoms with Crippen molar-refractivity contribution in [3.63, 3.8) is 0 Å². The molecule has 0 fully saturated rings. The van der Waals surface area contributed by atoms with Crippen LogP contribution < -0.4 is 5.32 Å². The lowest BCUT2D eigenvalue weighted by Gasteiger charge is -2.05. The van der Waals surface area contributed by atoms with Crippen molar-refractivity contribution in [3.8, 4) is 0 Å². The molecule has 0 heterocycles. The Bertz CT molecular complexity index is 454. The fraction of sp³-hybridized carbons (Fsp3) is 0.429. The number of halogens is 1. The molecular formula is C14H18ClNO3S. The largest absolute Gasteiger partial charge is 0.481 e. The Kier molecular flexibility index (Phi) is 8.14. The van der Waals surface area contributed by atoms with Crippen LogP contribution in [-0.2, 0) is 9.59 Å². The number of benzene rings is 1. The summed E-state index contributed by atoms with van der Waals surface area (Å²) in [5.74, 6) is -0.141. The summed E-state index contributed by atoms with van der Waals surface area (Å²) in [6, 6.07) is 7.54. The highest BCUT2D eigenvalue weighted by atomic mass is 35.5. The minimum Gasteiger partial charge on any atom is -0.481 e. The zero-order valence-electron chi connectivity index (χ0n) is 11.1. The molecule has 0 aromatic heterocycles. The summed E-state index contributed by atoms with van der Waals surface area (Å²) in [6.07, 6.45) is 1.85. The summed E-state index contributed by atoms with van der Waals surface area (Å²) in [7, 11) is 0. The topological polar surface area (TPSA) is 66.4 Å². The Labute approximate surface area is 127 Å². The van der Waals surface area contributed by atoms with Crippen molar-refractivity contribution >= 4 is 35.2 Å². The number of aliphatic carboxylic acids is 1. The number of hydrogen-bond donors (Lipinski definition) is 2. The van der Waals surface area contributed by atoms with Crippen LogP contribution in [0.5, 0.6) is 0 Å². The van der Waals surface area contributed by atoms with Gasteiger partial charge in [-0.3, -0.25) is 9.59 Å². The zero-order chi connectivity index (χ0) is 14.8. The monoisotopic (exact) mass is 315 g/mol. The van der Waals surface area contributed by atoms with E-state index in [-0.39, 0.29) is 12.3 Å². The van der Waals surface area contributed by atoms with E-state index in [9.17, 15) is 9.59 Å². The molecule has 20 heavy (non-hydrogen) atoms. The van der Waals surface area contributed by atoms with Gasteiger partial charge in [-0.2, -0.15) is 0 Å². The van der Waals surface area contributed by atoms with E-state index >= 15 is 0 Å². The van der Waals surface area contributed by atoms with Gasteiger partial charge in [-0.15, -0.1) is 11.8 Å². The number of hydrogen-bond acceptors (Lipinski definition) is 3. The van der Waals surface area contributed by atoms with Crippen molar-refractivity contribution in [1.82, 2.24) is 5.32 Å². The van der Waals surface area contributed by atoms with E-state index in [1.165, 1.54) is 0 Å². The number of carboxylic acids is 1. The molecule has 4 nitrogen and oxygen atoms in total. The lowest BCUT2D eigenvalue weighted by atomic mass is 10.2. The Balaban J connectivity index is 2.09. The molecule has 0 unspecified atom stereocenters. The Hall–Kier alpha value is -1.20. The molecule has 1 amide bonds. The van der Waals surface area contributed by atoms with Crippen LogP contribution in [0.1, 0.15) is 25.7 Å². The van der Waals surface area contributed by atoms with Gasteiger partial charge in [0.2, 0.25) is 5.91 Å². The average molecular weight is 316 g/mol. The first-order valence-electron chi connectivity index (χ1n) is 6.45. The molecule has 0 saturated carbocycles. The van der Waals surface area contributed by atoms with Gasteiger partial charge in [0.1, 0.15) is 0 Å². The number of carboxylic acid groups (broad SMARTS) is 1. The van der Waals surface area contributed by atoms with Crippen LogP contribution in [0.4, 0.5) is 0 Å². The third-order valence-corrected chi connectivity index (χ3v) is 4.08. The molecule has 6 heteroatoms. The van der Waals surface area contributed by atoms with Crippen LogP contribution in [0.2, 0.25) is 5.02 Å². The second kappa shape index (κ2) is 9.66. The first kappa shape index (κ1) is 16.9. The Morgan fingerprint density at radius 1 is 1.20 bits per heavy atom. The van der Waals surface area contributed by atoms with Crippen LogP contribution in [-0.4, -0.2) is 29.3 Å². The molecule has 0 aliphatic heterocycles. The van der Waals surface area contributed by atoms with Crippen LogP contribution in [0.3, 0.4) is 0 Å². The SMILES string of the molecule is O=C(O)CCCCNC(=O)CCSc1ccccc1Cl. The van der Waals surface area contributed by atoms with Crippen molar-refractivity contribution in [2.24, 2.45) is 0 Å². The highest BCUT2D eigenvalue weighted by Crippen LogP contribution is 2.26. The third-order valence-electron chi connectivity index (χ3n) is 2.56. The van der Waals surface area contributed by atoms with E-state index in [4.69, 9.17) is 16.7 Å². The van der Waals surface area contributed by atoms with Crippen molar-refractivity contribution in [2.45, 2.75) is 30.6 Å². The predicted octanol–water partition coefficient (Wildman–Crippen LogP) is 3.19. The molecule has 1 aromatic rings. The molecule has 0 aliphatic carbocycles. The Morgan fingerprint density at radius 2 is 1.95 bits per heavy atom. The number of thioether (sulfide) groups is 1. The number of unbranched alkanes of at least 4 members (excludes halogenated alkanes) is 1. The maximum Gasteiger partial charge on any atom is 0.303 e. The number of rotatable bonds is 9. The van der Waals surface area contributed by atoms with Crippen LogP contribution >= 0.6 is 23.4 Å². The first-order valence-corrected chi connectivity index (χ1v) is 7.82. The quantitative estimate of drug-likeness (QED) is 0.542. The number of carbonyl (C=O) groups is 2. The lowest BCUT2D eigenvalue weighted by molar-refractivity contribution is -0.137. The van der Waals surface area contributed by atoms with E-state index in [1.54, 1.807) is 11.8 Å². The highest BCUT2D eigenvalue weighted by Gasteiger charge is 2.04. The van der Waals surface area contributed by atoms with E-state index in [2.05, 4.69) is 5.32 Å².